The van der Waals surface area contributed by atoms with Crippen LogP contribution in [-0.2, 0) is 9.53 Å². The number of ketones is 1. The highest BCUT2D eigenvalue weighted by molar-refractivity contribution is 7.12. The summed E-state index contributed by atoms with van der Waals surface area (Å²) in [4.78, 5) is 40.2. The number of benzene rings is 1. The summed E-state index contributed by atoms with van der Waals surface area (Å²) >= 11 is 1.28. The number of esters is 1. The summed E-state index contributed by atoms with van der Waals surface area (Å²) < 4.78 is 5.19. The van der Waals surface area contributed by atoms with E-state index in [0.29, 0.717) is 10.4 Å². The third kappa shape index (κ3) is 3.67. The van der Waals surface area contributed by atoms with E-state index >= 15 is 0 Å². The first-order chi connectivity index (χ1) is 12.5. The molecule has 0 radical (unpaired) electrons. The SMILES string of the molecule is Cc1[nH]c2ccccc2c1C(=O)[C@H](C)OC(=O)CNC(=O)c1cccs1. The molecule has 7 heteroatoms. The zero-order valence-electron chi connectivity index (χ0n) is 14.4. The van der Waals surface area contributed by atoms with Crippen LogP contribution in [0.1, 0.15) is 32.6 Å². The number of aryl methyl sites for hydroxylation is 1. The van der Waals surface area contributed by atoms with Crippen molar-refractivity contribution < 1.29 is 19.1 Å². The van der Waals surface area contributed by atoms with Crippen LogP contribution in [0.3, 0.4) is 0 Å². The molecule has 1 atom stereocenters. The van der Waals surface area contributed by atoms with Gasteiger partial charge in [-0.25, -0.2) is 0 Å². The molecular formula is C19H18N2O4S. The Labute approximate surface area is 154 Å². The second kappa shape index (κ2) is 7.53. The number of carbonyl (C=O) groups is 3. The molecule has 1 amide bonds. The zero-order valence-corrected chi connectivity index (χ0v) is 15.2. The van der Waals surface area contributed by atoms with Crippen LogP contribution < -0.4 is 5.32 Å². The first-order valence-electron chi connectivity index (χ1n) is 8.10. The number of amides is 1. The van der Waals surface area contributed by atoms with Crippen LogP contribution in [0.4, 0.5) is 0 Å². The molecule has 3 aromatic rings. The van der Waals surface area contributed by atoms with E-state index < -0.39 is 12.1 Å². The van der Waals surface area contributed by atoms with Gasteiger partial charge in [0.15, 0.2) is 6.10 Å². The molecule has 2 heterocycles. The number of thiophene rings is 1. The molecule has 2 N–H and O–H groups in total. The predicted molar refractivity (Wildman–Crippen MR) is 99.6 cm³/mol. The van der Waals surface area contributed by atoms with Crippen molar-refractivity contribution in [2.75, 3.05) is 6.54 Å². The molecule has 0 saturated carbocycles. The lowest BCUT2D eigenvalue weighted by atomic mass is 10.0. The average molecular weight is 370 g/mol. The fraction of sp³-hybridized carbons (Fsp3) is 0.211. The number of nitrogens with one attached hydrogen (secondary N) is 2. The smallest absolute Gasteiger partial charge is 0.326 e. The van der Waals surface area contributed by atoms with Gasteiger partial charge in [-0.1, -0.05) is 24.3 Å². The number of aromatic nitrogens is 1. The third-order valence-electron chi connectivity index (χ3n) is 3.96. The molecule has 6 nitrogen and oxygen atoms in total. The molecule has 0 unspecified atom stereocenters. The largest absolute Gasteiger partial charge is 0.453 e. The molecule has 0 fully saturated rings. The number of carbonyl (C=O) groups excluding carboxylic acids is 3. The van der Waals surface area contributed by atoms with E-state index in [9.17, 15) is 14.4 Å². The predicted octanol–water partition coefficient (Wildman–Crippen LogP) is 3.08. The maximum atomic E-state index is 12.7. The highest BCUT2D eigenvalue weighted by Crippen LogP contribution is 2.23. The number of hydrogen-bond donors (Lipinski definition) is 2. The van der Waals surface area contributed by atoms with Crippen LogP contribution >= 0.6 is 11.3 Å². The second-order valence-electron chi connectivity index (χ2n) is 5.83. The Morgan fingerprint density at radius 3 is 2.69 bits per heavy atom. The Hall–Kier alpha value is -2.93. The fourth-order valence-electron chi connectivity index (χ4n) is 2.74. The Bertz CT molecular complexity index is 959. The minimum Gasteiger partial charge on any atom is -0.453 e. The van der Waals surface area contributed by atoms with Crippen molar-refractivity contribution in [3.05, 3.63) is 57.9 Å². The van der Waals surface area contributed by atoms with Gasteiger partial charge < -0.3 is 15.0 Å². The molecule has 3 rings (SSSR count). The number of hydrogen-bond acceptors (Lipinski definition) is 5. The lowest BCUT2D eigenvalue weighted by Gasteiger charge is -2.13. The number of para-hydroxylation sites is 1. The lowest BCUT2D eigenvalue weighted by molar-refractivity contribution is -0.145. The van der Waals surface area contributed by atoms with E-state index in [0.717, 1.165) is 16.6 Å². The van der Waals surface area contributed by atoms with Gasteiger partial charge in [-0.3, -0.25) is 14.4 Å². The lowest BCUT2D eigenvalue weighted by Crippen LogP contribution is -2.33. The van der Waals surface area contributed by atoms with E-state index in [1.165, 1.54) is 18.3 Å². The third-order valence-corrected chi connectivity index (χ3v) is 4.82. The van der Waals surface area contributed by atoms with Crippen LogP contribution in [0.15, 0.2) is 41.8 Å². The molecule has 0 bridgehead atoms. The van der Waals surface area contributed by atoms with Crippen LogP contribution in [-0.4, -0.2) is 35.3 Å². The average Bonchev–Trinajstić information content (AvgIpc) is 3.26. The molecule has 0 spiro atoms. The van der Waals surface area contributed by atoms with Gasteiger partial charge in [-0.2, -0.15) is 0 Å². The summed E-state index contributed by atoms with van der Waals surface area (Å²) in [6, 6.07) is 10.9. The minimum atomic E-state index is -0.945. The van der Waals surface area contributed by atoms with Gasteiger partial charge in [0, 0.05) is 22.2 Å². The van der Waals surface area contributed by atoms with Crippen molar-refractivity contribution in [2.45, 2.75) is 20.0 Å². The van der Waals surface area contributed by atoms with Gasteiger partial charge in [0.05, 0.1) is 4.88 Å². The molecule has 0 aliphatic rings. The number of ether oxygens (including phenoxy) is 1. The van der Waals surface area contributed by atoms with E-state index in [2.05, 4.69) is 10.3 Å². The first-order valence-corrected chi connectivity index (χ1v) is 8.98. The Morgan fingerprint density at radius 2 is 1.96 bits per heavy atom. The molecule has 26 heavy (non-hydrogen) atoms. The Morgan fingerprint density at radius 1 is 1.19 bits per heavy atom. The molecule has 2 aromatic heterocycles. The van der Waals surface area contributed by atoms with Crippen molar-refractivity contribution in [1.29, 1.82) is 0 Å². The number of rotatable bonds is 6. The first kappa shape index (κ1) is 17.9. The summed E-state index contributed by atoms with van der Waals surface area (Å²) in [6.07, 6.45) is -0.945. The second-order valence-corrected chi connectivity index (χ2v) is 6.77. The van der Waals surface area contributed by atoms with E-state index in [1.807, 2.05) is 31.2 Å². The monoisotopic (exact) mass is 370 g/mol. The summed E-state index contributed by atoms with van der Waals surface area (Å²) in [7, 11) is 0. The quantitative estimate of drug-likeness (QED) is 0.515. The van der Waals surface area contributed by atoms with Crippen LogP contribution in [0, 0.1) is 6.92 Å². The molecule has 134 valence electrons. The number of fused-ring (bicyclic) bond motifs is 1. The number of Topliss-reactive ketones (excluding diaryl/α,β-unsaturated/α-hetero) is 1. The fourth-order valence-corrected chi connectivity index (χ4v) is 3.38. The van der Waals surface area contributed by atoms with Gasteiger partial charge in [-0.15, -0.1) is 11.3 Å². The van der Waals surface area contributed by atoms with Crippen molar-refractivity contribution in [3.63, 3.8) is 0 Å². The highest BCUT2D eigenvalue weighted by Gasteiger charge is 2.24. The van der Waals surface area contributed by atoms with Gasteiger partial charge in [0.2, 0.25) is 5.78 Å². The molecule has 0 aliphatic heterocycles. The number of H-pyrrole nitrogens is 1. The van der Waals surface area contributed by atoms with Gasteiger partial charge in [0.25, 0.3) is 5.91 Å². The molecule has 1 aromatic carbocycles. The maximum absolute atomic E-state index is 12.7. The van der Waals surface area contributed by atoms with Crippen LogP contribution in [0.5, 0.6) is 0 Å². The zero-order chi connectivity index (χ0) is 18.7. The Kier molecular flexibility index (Phi) is 5.18. The summed E-state index contributed by atoms with van der Waals surface area (Å²) in [5.41, 5.74) is 2.10. The van der Waals surface area contributed by atoms with Crippen LogP contribution in [0.2, 0.25) is 0 Å². The van der Waals surface area contributed by atoms with Crippen LogP contribution in [0.25, 0.3) is 10.9 Å². The van der Waals surface area contributed by atoms with E-state index in [1.54, 1.807) is 17.5 Å². The Balaban J connectivity index is 1.62. The van der Waals surface area contributed by atoms with Gasteiger partial charge >= 0.3 is 5.97 Å². The van der Waals surface area contributed by atoms with Crippen molar-refractivity contribution >= 4 is 39.9 Å². The summed E-state index contributed by atoms with van der Waals surface area (Å²) in [5.74, 6) is -1.28. The van der Waals surface area contributed by atoms with Gasteiger partial charge in [-0.05, 0) is 31.4 Å². The standard InChI is InChI=1S/C19H18N2O4S/c1-11-17(13-6-3-4-7-14(13)21-11)18(23)12(2)25-16(22)10-20-19(24)15-8-5-9-26-15/h3-9,12,21H,10H2,1-2H3,(H,20,24)/t12-/m0/s1. The molecular weight excluding hydrogens is 352 g/mol. The van der Waals surface area contributed by atoms with E-state index in [4.69, 9.17) is 4.74 Å². The van der Waals surface area contributed by atoms with Crippen molar-refractivity contribution in [1.82, 2.24) is 10.3 Å². The van der Waals surface area contributed by atoms with Crippen molar-refractivity contribution in [2.24, 2.45) is 0 Å². The normalized spacial score (nSPS) is 11.9. The van der Waals surface area contributed by atoms with Gasteiger partial charge in [0.1, 0.15) is 6.54 Å². The topological polar surface area (TPSA) is 88.3 Å². The molecule has 0 aliphatic carbocycles. The number of aromatic amines is 1. The molecule has 0 saturated heterocycles. The summed E-state index contributed by atoms with van der Waals surface area (Å²) in [6.45, 7) is 3.05. The highest BCUT2D eigenvalue weighted by atomic mass is 32.1. The minimum absolute atomic E-state index is 0.280. The van der Waals surface area contributed by atoms with E-state index in [-0.39, 0.29) is 18.2 Å². The van der Waals surface area contributed by atoms with Crippen molar-refractivity contribution in [3.8, 4) is 0 Å². The maximum Gasteiger partial charge on any atom is 0.326 e. The summed E-state index contributed by atoms with van der Waals surface area (Å²) in [5, 5.41) is 5.05.